The van der Waals surface area contributed by atoms with Gasteiger partial charge in [-0.2, -0.15) is 0 Å². The highest BCUT2D eigenvalue weighted by atomic mass is 16.5. The lowest BCUT2D eigenvalue weighted by molar-refractivity contribution is -0.134. The van der Waals surface area contributed by atoms with Crippen LogP contribution in [0.25, 0.3) is 11.1 Å². The summed E-state index contributed by atoms with van der Waals surface area (Å²) in [6, 6.07) is 11.7. The van der Waals surface area contributed by atoms with Crippen LogP contribution in [0.3, 0.4) is 0 Å². The third-order valence-corrected chi connectivity index (χ3v) is 7.74. The SMILES string of the molecule is CCOc1ccc(CN2C(=O)c3cc4oc(C)cc4n3C[C@]2(C)C(=O)NC2CCCCCCC2)cc1. The van der Waals surface area contributed by atoms with Gasteiger partial charge in [-0.05, 0) is 51.3 Å². The summed E-state index contributed by atoms with van der Waals surface area (Å²) in [7, 11) is 0. The second kappa shape index (κ2) is 10.0. The maximum atomic E-state index is 14.0. The number of aromatic nitrogens is 1. The topological polar surface area (TPSA) is 76.7 Å². The summed E-state index contributed by atoms with van der Waals surface area (Å²) >= 11 is 0. The number of hydrogen-bond acceptors (Lipinski definition) is 4. The number of rotatable bonds is 6. The molecule has 1 N–H and O–H groups in total. The lowest BCUT2D eigenvalue weighted by Crippen LogP contribution is -2.64. The Labute approximate surface area is 212 Å². The number of benzene rings is 1. The van der Waals surface area contributed by atoms with E-state index in [-0.39, 0.29) is 17.9 Å². The fraction of sp³-hybridized carbons (Fsp3) is 0.517. The van der Waals surface area contributed by atoms with E-state index in [9.17, 15) is 9.59 Å². The van der Waals surface area contributed by atoms with Crippen molar-refractivity contribution in [3.63, 3.8) is 0 Å². The van der Waals surface area contributed by atoms with Gasteiger partial charge in [-0.3, -0.25) is 9.59 Å². The van der Waals surface area contributed by atoms with Gasteiger partial charge in [0, 0.05) is 24.7 Å². The van der Waals surface area contributed by atoms with Crippen molar-refractivity contribution in [1.29, 1.82) is 0 Å². The van der Waals surface area contributed by atoms with Crippen molar-refractivity contribution in [2.75, 3.05) is 6.61 Å². The first kappa shape index (κ1) is 24.5. The number of furan rings is 1. The van der Waals surface area contributed by atoms with Crippen molar-refractivity contribution in [2.24, 2.45) is 0 Å². The van der Waals surface area contributed by atoms with E-state index in [4.69, 9.17) is 9.15 Å². The average molecular weight is 492 g/mol. The number of amides is 2. The molecule has 36 heavy (non-hydrogen) atoms. The molecule has 0 bridgehead atoms. The summed E-state index contributed by atoms with van der Waals surface area (Å²) < 4.78 is 13.4. The molecule has 3 aromatic rings. The van der Waals surface area contributed by atoms with E-state index in [1.807, 2.05) is 61.7 Å². The predicted octanol–water partition coefficient (Wildman–Crippen LogP) is 5.59. The van der Waals surface area contributed by atoms with Gasteiger partial charge in [-0.1, -0.05) is 44.2 Å². The molecular weight excluding hydrogens is 454 g/mol. The normalized spacial score (nSPS) is 21.2. The van der Waals surface area contributed by atoms with E-state index in [1.165, 1.54) is 19.3 Å². The number of hydrogen-bond donors (Lipinski definition) is 1. The van der Waals surface area contributed by atoms with Crippen LogP contribution in [0, 0.1) is 6.92 Å². The first-order chi connectivity index (χ1) is 17.4. The highest BCUT2D eigenvalue weighted by molar-refractivity contribution is 6.03. The highest BCUT2D eigenvalue weighted by Crippen LogP contribution is 2.35. The minimum Gasteiger partial charge on any atom is -0.494 e. The lowest BCUT2D eigenvalue weighted by Gasteiger charge is -2.44. The number of ether oxygens (including phenoxy) is 1. The Bertz CT molecular complexity index is 1230. The van der Waals surface area contributed by atoms with Crippen molar-refractivity contribution < 1.29 is 18.7 Å². The van der Waals surface area contributed by atoms with E-state index in [0.717, 1.165) is 48.3 Å². The molecule has 2 aromatic heterocycles. The Morgan fingerprint density at radius 1 is 1.11 bits per heavy atom. The second-order valence-electron chi connectivity index (χ2n) is 10.5. The molecule has 3 heterocycles. The zero-order valence-corrected chi connectivity index (χ0v) is 21.6. The monoisotopic (exact) mass is 491 g/mol. The van der Waals surface area contributed by atoms with Crippen LogP contribution in [0.15, 0.2) is 40.8 Å². The van der Waals surface area contributed by atoms with Crippen molar-refractivity contribution in [3.05, 3.63) is 53.4 Å². The summed E-state index contributed by atoms with van der Waals surface area (Å²) in [5.74, 6) is 1.34. The maximum absolute atomic E-state index is 14.0. The zero-order chi connectivity index (χ0) is 25.3. The van der Waals surface area contributed by atoms with Crippen LogP contribution in [0.5, 0.6) is 5.75 Å². The largest absolute Gasteiger partial charge is 0.494 e. The molecule has 1 aliphatic carbocycles. The number of carbonyl (C=O) groups is 2. The Morgan fingerprint density at radius 2 is 1.81 bits per heavy atom. The number of nitrogens with one attached hydrogen (secondary N) is 1. The Hall–Kier alpha value is -3.22. The third-order valence-electron chi connectivity index (χ3n) is 7.74. The summed E-state index contributed by atoms with van der Waals surface area (Å²) in [5.41, 5.74) is 2.02. The Morgan fingerprint density at radius 3 is 2.50 bits per heavy atom. The molecule has 7 nitrogen and oxygen atoms in total. The van der Waals surface area contributed by atoms with Crippen LogP contribution >= 0.6 is 0 Å². The molecule has 5 rings (SSSR count). The standard InChI is InChI=1S/C29H37N3O4/c1-4-35-23-14-12-21(13-15-23)18-32-27(33)25-17-26-24(16-20(2)36-26)31(25)19-29(32,3)28(34)30-22-10-8-6-5-7-9-11-22/h12-17,22H,4-11,18-19H2,1-3H3,(H,30,34)/t29-/m1/s1. The van der Waals surface area contributed by atoms with Crippen LogP contribution in [0.4, 0.5) is 0 Å². The third kappa shape index (κ3) is 4.63. The zero-order valence-electron chi connectivity index (χ0n) is 21.6. The minimum atomic E-state index is -1.04. The van der Waals surface area contributed by atoms with Crippen LogP contribution in [-0.2, 0) is 17.9 Å². The fourth-order valence-electron chi connectivity index (χ4n) is 5.69. The van der Waals surface area contributed by atoms with Crippen molar-refractivity contribution in [2.45, 2.75) is 90.4 Å². The lowest BCUT2D eigenvalue weighted by atomic mass is 9.91. The molecule has 0 saturated heterocycles. The number of aryl methyl sites for hydroxylation is 1. The van der Waals surface area contributed by atoms with E-state index >= 15 is 0 Å². The Kier molecular flexibility index (Phi) is 6.82. The molecule has 192 valence electrons. The Balaban J connectivity index is 1.48. The molecule has 1 fully saturated rings. The molecule has 1 atom stereocenters. The molecule has 0 radical (unpaired) electrons. The summed E-state index contributed by atoms with van der Waals surface area (Å²) in [6.45, 7) is 7.07. The van der Waals surface area contributed by atoms with Gasteiger partial charge in [-0.25, -0.2) is 0 Å². The quantitative estimate of drug-likeness (QED) is 0.488. The van der Waals surface area contributed by atoms with Crippen molar-refractivity contribution in [1.82, 2.24) is 14.8 Å². The number of fused-ring (bicyclic) bond motifs is 3. The first-order valence-electron chi connectivity index (χ1n) is 13.3. The van der Waals surface area contributed by atoms with Crippen LogP contribution in [0.1, 0.15) is 80.6 Å². The van der Waals surface area contributed by atoms with Crippen LogP contribution in [-0.4, -0.2) is 39.5 Å². The van der Waals surface area contributed by atoms with Crippen LogP contribution in [0.2, 0.25) is 0 Å². The van der Waals surface area contributed by atoms with Crippen LogP contribution < -0.4 is 10.1 Å². The van der Waals surface area contributed by atoms with Gasteiger partial charge in [0.15, 0.2) is 5.58 Å². The molecular formula is C29H37N3O4. The summed E-state index contributed by atoms with van der Waals surface area (Å²) in [5, 5.41) is 3.35. The molecule has 1 saturated carbocycles. The van der Waals surface area contributed by atoms with Gasteiger partial charge in [0.1, 0.15) is 22.7 Å². The molecule has 2 amide bonds. The molecule has 1 aliphatic heterocycles. The van der Waals surface area contributed by atoms with E-state index in [0.29, 0.717) is 31.0 Å². The number of nitrogens with zero attached hydrogens (tertiary/aromatic N) is 2. The van der Waals surface area contributed by atoms with Gasteiger partial charge in [0.2, 0.25) is 5.91 Å². The fourth-order valence-corrected chi connectivity index (χ4v) is 5.69. The predicted molar refractivity (Wildman–Crippen MR) is 139 cm³/mol. The molecule has 7 heteroatoms. The van der Waals surface area contributed by atoms with E-state index in [2.05, 4.69) is 5.32 Å². The number of carbonyl (C=O) groups excluding carboxylic acids is 2. The van der Waals surface area contributed by atoms with E-state index < -0.39 is 5.54 Å². The first-order valence-corrected chi connectivity index (χ1v) is 13.3. The van der Waals surface area contributed by atoms with Crippen molar-refractivity contribution in [3.8, 4) is 5.75 Å². The molecule has 0 spiro atoms. The van der Waals surface area contributed by atoms with Gasteiger partial charge in [0.25, 0.3) is 5.91 Å². The van der Waals surface area contributed by atoms with Gasteiger partial charge in [-0.15, -0.1) is 0 Å². The second-order valence-corrected chi connectivity index (χ2v) is 10.5. The van der Waals surface area contributed by atoms with Gasteiger partial charge < -0.3 is 23.9 Å². The van der Waals surface area contributed by atoms with Crippen molar-refractivity contribution >= 4 is 22.9 Å². The highest BCUT2D eigenvalue weighted by Gasteiger charge is 2.48. The summed E-state index contributed by atoms with van der Waals surface area (Å²) in [4.78, 5) is 29.6. The average Bonchev–Trinajstić information content (AvgIpc) is 3.36. The smallest absolute Gasteiger partial charge is 0.271 e. The summed E-state index contributed by atoms with van der Waals surface area (Å²) in [6.07, 6.45) is 7.97. The van der Waals surface area contributed by atoms with Gasteiger partial charge >= 0.3 is 0 Å². The van der Waals surface area contributed by atoms with Gasteiger partial charge in [0.05, 0.1) is 18.7 Å². The molecule has 2 aliphatic rings. The maximum Gasteiger partial charge on any atom is 0.271 e. The molecule has 1 aromatic carbocycles. The minimum absolute atomic E-state index is 0.0833. The van der Waals surface area contributed by atoms with E-state index in [1.54, 1.807) is 4.90 Å². The molecule has 0 unspecified atom stereocenters.